The number of thiophene rings is 1. The summed E-state index contributed by atoms with van der Waals surface area (Å²) in [5.74, 6) is 1.59. The van der Waals surface area contributed by atoms with Gasteiger partial charge in [0.1, 0.15) is 12.7 Å². The summed E-state index contributed by atoms with van der Waals surface area (Å²) in [5, 5.41) is 4.75. The molecule has 1 atom stereocenters. The van der Waals surface area contributed by atoms with Gasteiger partial charge in [0.25, 0.3) is 5.91 Å². The number of hydrogen-bond acceptors (Lipinski definition) is 6. The first-order chi connectivity index (χ1) is 11.8. The molecule has 1 aliphatic heterocycles. The number of carbonyl (C=O) groups excluding carboxylic acids is 1. The van der Waals surface area contributed by atoms with Gasteiger partial charge >= 0.3 is 0 Å². The van der Waals surface area contributed by atoms with Crippen LogP contribution in [0.2, 0.25) is 0 Å². The van der Waals surface area contributed by atoms with E-state index in [0.29, 0.717) is 24.7 Å². The summed E-state index contributed by atoms with van der Waals surface area (Å²) in [5.41, 5.74) is 0.273. The van der Waals surface area contributed by atoms with Crippen molar-refractivity contribution in [1.29, 1.82) is 0 Å². The van der Waals surface area contributed by atoms with Crippen LogP contribution in [0.4, 0.5) is 0 Å². The van der Waals surface area contributed by atoms with E-state index in [1.165, 1.54) is 17.7 Å². The quantitative estimate of drug-likeness (QED) is 0.789. The lowest BCUT2D eigenvalue weighted by Crippen LogP contribution is -2.40. The molecule has 7 heteroatoms. The highest BCUT2D eigenvalue weighted by atomic mass is 32.1. The average molecular weight is 342 g/mol. The standard InChI is InChI=1S/C17H14N2O4S/c20-17(15-16(22-10-19-15)14-6-3-7-24-14)18-8-11-9-21-12-4-1-2-5-13(12)23-11/h1-7,10-11H,8-9H2,(H,18,20). The molecule has 0 radical (unpaired) electrons. The normalized spacial score (nSPS) is 15.9. The highest BCUT2D eigenvalue weighted by molar-refractivity contribution is 7.13. The molecule has 24 heavy (non-hydrogen) atoms. The van der Waals surface area contributed by atoms with Crippen LogP contribution in [0.1, 0.15) is 10.5 Å². The van der Waals surface area contributed by atoms with Crippen molar-refractivity contribution >= 4 is 17.2 Å². The van der Waals surface area contributed by atoms with Crippen molar-refractivity contribution in [3.05, 3.63) is 53.9 Å². The summed E-state index contributed by atoms with van der Waals surface area (Å²) in [6.45, 7) is 0.706. The summed E-state index contributed by atoms with van der Waals surface area (Å²) in [6.07, 6.45) is 1.03. The monoisotopic (exact) mass is 342 g/mol. The number of amides is 1. The summed E-state index contributed by atoms with van der Waals surface area (Å²) in [7, 11) is 0. The van der Waals surface area contributed by atoms with Gasteiger partial charge < -0.3 is 19.2 Å². The summed E-state index contributed by atoms with van der Waals surface area (Å²) < 4.78 is 16.8. The number of aromatic nitrogens is 1. The van der Waals surface area contributed by atoms with Crippen molar-refractivity contribution in [1.82, 2.24) is 10.3 Å². The third-order valence-electron chi connectivity index (χ3n) is 3.59. The molecule has 0 saturated heterocycles. The minimum atomic E-state index is -0.297. The number of nitrogens with zero attached hydrogens (tertiary/aromatic N) is 1. The SMILES string of the molecule is O=C(NCC1COc2ccccc2O1)c1ncoc1-c1cccs1. The molecule has 0 fully saturated rings. The predicted octanol–water partition coefficient (Wildman–Crippen LogP) is 2.97. The first-order valence-corrected chi connectivity index (χ1v) is 8.33. The van der Waals surface area contributed by atoms with Crippen LogP contribution < -0.4 is 14.8 Å². The van der Waals surface area contributed by atoms with Crippen molar-refractivity contribution in [2.45, 2.75) is 6.10 Å². The Morgan fingerprint density at radius 2 is 2.12 bits per heavy atom. The van der Waals surface area contributed by atoms with Crippen molar-refractivity contribution in [3.8, 4) is 22.1 Å². The third-order valence-corrected chi connectivity index (χ3v) is 4.45. The highest BCUT2D eigenvalue weighted by Gasteiger charge is 2.23. The zero-order valence-electron chi connectivity index (χ0n) is 12.6. The zero-order valence-corrected chi connectivity index (χ0v) is 13.4. The summed E-state index contributed by atoms with van der Waals surface area (Å²) >= 11 is 1.49. The molecule has 0 saturated carbocycles. The maximum atomic E-state index is 12.4. The van der Waals surface area contributed by atoms with E-state index in [-0.39, 0.29) is 17.7 Å². The number of fused-ring (bicyclic) bond motifs is 1. The fourth-order valence-corrected chi connectivity index (χ4v) is 3.16. The van der Waals surface area contributed by atoms with Crippen LogP contribution in [-0.4, -0.2) is 30.1 Å². The average Bonchev–Trinajstić information content (AvgIpc) is 3.30. The van der Waals surface area contributed by atoms with Gasteiger partial charge in [-0.2, -0.15) is 0 Å². The molecular weight excluding hydrogens is 328 g/mol. The zero-order chi connectivity index (χ0) is 16.4. The number of oxazole rings is 1. The first-order valence-electron chi connectivity index (χ1n) is 7.45. The van der Waals surface area contributed by atoms with Gasteiger partial charge in [0, 0.05) is 0 Å². The Morgan fingerprint density at radius 1 is 1.25 bits per heavy atom. The minimum Gasteiger partial charge on any atom is -0.486 e. The Balaban J connectivity index is 1.41. The second-order valence-corrected chi connectivity index (χ2v) is 6.16. The lowest BCUT2D eigenvalue weighted by atomic mass is 10.2. The van der Waals surface area contributed by atoms with Crippen molar-refractivity contribution in [2.75, 3.05) is 13.2 Å². The van der Waals surface area contributed by atoms with Crippen molar-refractivity contribution in [2.24, 2.45) is 0 Å². The molecule has 2 aromatic heterocycles. The van der Waals surface area contributed by atoms with E-state index in [2.05, 4.69) is 10.3 Å². The number of ether oxygens (including phenoxy) is 2. The second-order valence-electron chi connectivity index (χ2n) is 5.22. The number of rotatable bonds is 4. The van der Waals surface area contributed by atoms with Crippen LogP contribution in [0.3, 0.4) is 0 Å². The number of benzene rings is 1. The van der Waals surface area contributed by atoms with E-state index < -0.39 is 0 Å². The molecule has 6 nitrogen and oxygen atoms in total. The molecule has 0 aliphatic carbocycles. The molecule has 1 unspecified atom stereocenters. The Hall–Kier alpha value is -2.80. The fourth-order valence-electron chi connectivity index (χ4n) is 2.44. The molecule has 3 heterocycles. The minimum absolute atomic E-state index is 0.249. The van der Waals surface area contributed by atoms with Gasteiger partial charge in [-0.15, -0.1) is 11.3 Å². The molecule has 0 spiro atoms. The van der Waals surface area contributed by atoms with Crippen molar-refractivity contribution in [3.63, 3.8) is 0 Å². The number of nitrogens with one attached hydrogen (secondary N) is 1. The molecular formula is C17H14N2O4S. The van der Waals surface area contributed by atoms with Gasteiger partial charge in [0.15, 0.2) is 29.3 Å². The Labute approximate surface area is 142 Å². The number of carbonyl (C=O) groups is 1. The Kier molecular flexibility index (Phi) is 3.92. The topological polar surface area (TPSA) is 73.6 Å². The van der Waals surface area contributed by atoms with Crippen LogP contribution in [0.15, 0.2) is 52.6 Å². The number of hydrogen-bond donors (Lipinski definition) is 1. The molecule has 1 amide bonds. The van der Waals surface area contributed by atoms with Gasteiger partial charge in [-0.3, -0.25) is 4.79 Å². The van der Waals surface area contributed by atoms with Gasteiger partial charge in [-0.1, -0.05) is 18.2 Å². The molecule has 1 N–H and O–H groups in total. The molecule has 1 aliphatic rings. The van der Waals surface area contributed by atoms with Crippen molar-refractivity contribution < 1.29 is 18.7 Å². The number of para-hydroxylation sites is 2. The molecule has 0 bridgehead atoms. The van der Waals surface area contributed by atoms with Crippen LogP contribution in [0.5, 0.6) is 11.5 Å². The smallest absolute Gasteiger partial charge is 0.274 e. The molecule has 4 rings (SSSR count). The van der Waals surface area contributed by atoms with Crippen LogP contribution in [0.25, 0.3) is 10.6 Å². The maximum Gasteiger partial charge on any atom is 0.274 e. The van der Waals surface area contributed by atoms with E-state index in [0.717, 1.165) is 10.6 Å². The van der Waals surface area contributed by atoms with E-state index in [9.17, 15) is 4.79 Å². The second kappa shape index (κ2) is 6.37. The first kappa shape index (κ1) is 14.8. The lowest BCUT2D eigenvalue weighted by molar-refractivity contribution is 0.0787. The molecule has 122 valence electrons. The highest BCUT2D eigenvalue weighted by Crippen LogP contribution is 2.31. The molecule has 1 aromatic carbocycles. The predicted molar refractivity (Wildman–Crippen MR) is 88.5 cm³/mol. The van der Waals surface area contributed by atoms with Gasteiger partial charge in [-0.25, -0.2) is 4.98 Å². The largest absolute Gasteiger partial charge is 0.486 e. The van der Waals surface area contributed by atoms with Crippen LogP contribution >= 0.6 is 11.3 Å². The van der Waals surface area contributed by atoms with Crippen LogP contribution in [-0.2, 0) is 0 Å². The maximum absolute atomic E-state index is 12.4. The van der Waals surface area contributed by atoms with E-state index in [1.54, 1.807) is 0 Å². The summed E-state index contributed by atoms with van der Waals surface area (Å²) in [6, 6.07) is 11.3. The van der Waals surface area contributed by atoms with E-state index >= 15 is 0 Å². The van der Waals surface area contributed by atoms with E-state index in [1.807, 2.05) is 41.8 Å². The Bertz CT molecular complexity index is 844. The summed E-state index contributed by atoms with van der Waals surface area (Å²) in [4.78, 5) is 17.3. The van der Waals surface area contributed by atoms with Gasteiger partial charge in [0.05, 0.1) is 11.4 Å². The van der Waals surface area contributed by atoms with Crippen LogP contribution in [0, 0.1) is 0 Å². The Morgan fingerprint density at radius 3 is 2.96 bits per heavy atom. The third kappa shape index (κ3) is 2.85. The molecule has 3 aromatic rings. The fraction of sp³-hybridized carbons (Fsp3) is 0.176. The van der Waals surface area contributed by atoms with E-state index in [4.69, 9.17) is 13.9 Å². The lowest BCUT2D eigenvalue weighted by Gasteiger charge is -2.26. The van der Waals surface area contributed by atoms with Gasteiger partial charge in [-0.05, 0) is 23.6 Å². The van der Waals surface area contributed by atoms with Gasteiger partial charge in [0.2, 0.25) is 0 Å².